The van der Waals surface area contributed by atoms with Gasteiger partial charge in [-0.05, 0) is 36.4 Å². The van der Waals surface area contributed by atoms with Crippen molar-refractivity contribution in [3.8, 4) is 5.75 Å². The fraction of sp³-hybridized carbons (Fsp3) is 0.0769. The molecule has 2 aromatic carbocycles. The maximum atomic E-state index is 12.3. The Morgan fingerprint density at radius 2 is 1.82 bits per heavy atom. The van der Waals surface area contributed by atoms with Crippen LogP contribution in [0.25, 0.3) is 0 Å². The average molecular weight is 387 g/mol. The van der Waals surface area contributed by atoms with Crippen molar-refractivity contribution in [3.05, 3.63) is 57.1 Å². The molecule has 0 saturated heterocycles. The summed E-state index contributed by atoms with van der Waals surface area (Å²) < 4.78 is 32.6. The number of benzene rings is 2. The zero-order valence-electron chi connectivity index (χ0n) is 11.3. The van der Waals surface area contributed by atoms with Crippen LogP contribution in [-0.4, -0.2) is 20.5 Å². The van der Waals surface area contributed by atoms with Crippen LogP contribution in [0, 0.1) is 10.1 Å². The molecule has 0 aromatic heterocycles. The fourth-order valence-corrected chi connectivity index (χ4v) is 3.20. The number of nitro benzene ring substituents is 1. The van der Waals surface area contributed by atoms with Crippen LogP contribution in [0.15, 0.2) is 51.8 Å². The van der Waals surface area contributed by atoms with Crippen molar-refractivity contribution in [2.75, 3.05) is 11.8 Å². The summed E-state index contributed by atoms with van der Waals surface area (Å²) in [4.78, 5) is 9.89. The SMILES string of the molecule is COc1ccc(S(=O)(=O)Nc2ccc(Br)cc2)c([N+](=O)[O-])c1. The van der Waals surface area contributed by atoms with Gasteiger partial charge in [0, 0.05) is 10.2 Å². The van der Waals surface area contributed by atoms with Crippen LogP contribution in [-0.2, 0) is 10.0 Å². The van der Waals surface area contributed by atoms with Gasteiger partial charge < -0.3 is 4.74 Å². The molecule has 7 nitrogen and oxygen atoms in total. The Morgan fingerprint density at radius 3 is 2.36 bits per heavy atom. The topological polar surface area (TPSA) is 98.5 Å². The van der Waals surface area contributed by atoms with Gasteiger partial charge >= 0.3 is 0 Å². The van der Waals surface area contributed by atoms with E-state index in [2.05, 4.69) is 20.7 Å². The molecule has 0 amide bonds. The van der Waals surface area contributed by atoms with E-state index in [0.29, 0.717) is 5.69 Å². The first-order valence-corrected chi connectivity index (χ1v) is 8.22. The number of anilines is 1. The molecule has 9 heteroatoms. The van der Waals surface area contributed by atoms with Crippen molar-refractivity contribution in [1.82, 2.24) is 0 Å². The molecule has 0 atom stereocenters. The third-order valence-electron chi connectivity index (χ3n) is 2.75. The lowest BCUT2D eigenvalue weighted by molar-refractivity contribution is -0.387. The molecule has 0 aliphatic rings. The Balaban J connectivity index is 2.44. The zero-order chi connectivity index (χ0) is 16.3. The van der Waals surface area contributed by atoms with E-state index < -0.39 is 25.5 Å². The predicted molar refractivity (Wildman–Crippen MR) is 84.6 cm³/mol. The van der Waals surface area contributed by atoms with E-state index in [-0.39, 0.29) is 5.75 Å². The van der Waals surface area contributed by atoms with Gasteiger partial charge in [0.2, 0.25) is 0 Å². The molecule has 0 radical (unpaired) electrons. The van der Waals surface area contributed by atoms with Crippen LogP contribution in [0.5, 0.6) is 5.75 Å². The maximum absolute atomic E-state index is 12.3. The van der Waals surface area contributed by atoms with Crippen LogP contribution in [0.1, 0.15) is 0 Å². The van der Waals surface area contributed by atoms with Crippen molar-refractivity contribution >= 4 is 37.3 Å². The van der Waals surface area contributed by atoms with Gasteiger partial charge in [-0.15, -0.1) is 0 Å². The molecule has 0 fully saturated rings. The van der Waals surface area contributed by atoms with Gasteiger partial charge in [-0.2, -0.15) is 0 Å². The summed E-state index contributed by atoms with van der Waals surface area (Å²) in [6, 6.07) is 9.94. The largest absolute Gasteiger partial charge is 0.497 e. The highest BCUT2D eigenvalue weighted by Crippen LogP contribution is 2.29. The van der Waals surface area contributed by atoms with E-state index in [4.69, 9.17) is 4.74 Å². The highest BCUT2D eigenvalue weighted by molar-refractivity contribution is 9.10. The van der Waals surface area contributed by atoms with Crippen molar-refractivity contribution < 1.29 is 18.1 Å². The molecule has 116 valence electrons. The van der Waals surface area contributed by atoms with E-state index in [1.54, 1.807) is 12.1 Å². The molecule has 2 aromatic rings. The molecule has 0 heterocycles. The number of sulfonamides is 1. The minimum Gasteiger partial charge on any atom is -0.497 e. The monoisotopic (exact) mass is 386 g/mol. The molecule has 0 saturated carbocycles. The summed E-state index contributed by atoms with van der Waals surface area (Å²) in [5.74, 6) is 0.203. The second kappa shape index (κ2) is 6.32. The Labute approximate surface area is 135 Å². The molecular weight excluding hydrogens is 376 g/mol. The number of nitrogens with one attached hydrogen (secondary N) is 1. The van der Waals surface area contributed by atoms with Crippen molar-refractivity contribution in [2.45, 2.75) is 4.90 Å². The van der Waals surface area contributed by atoms with Gasteiger partial charge in [0.25, 0.3) is 15.7 Å². The number of nitrogens with zero attached hydrogens (tertiary/aromatic N) is 1. The Morgan fingerprint density at radius 1 is 1.18 bits per heavy atom. The number of hydrogen-bond donors (Lipinski definition) is 1. The average Bonchev–Trinajstić information content (AvgIpc) is 2.48. The molecule has 22 heavy (non-hydrogen) atoms. The van der Waals surface area contributed by atoms with Crippen LogP contribution in [0.2, 0.25) is 0 Å². The first-order valence-electron chi connectivity index (χ1n) is 5.94. The molecule has 0 aliphatic heterocycles. The highest BCUT2D eigenvalue weighted by Gasteiger charge is 2.26. The van der Waals surface area contributed by atoms with Crippen LogP contribution in [0.4, 0.5) is 11.4 Å². The summed E-state index contributed by atoms with van der Waals surface area (Å²) in [7, 11) is -2.75. The van der Waals surface area contributed by atoms with E-state index >= 15 is 0 Å². The predicted octanol–water partition coefficient (Wildman–Crippen LogP) is 3.17. The van der Waals surface area contributed by atoms with Gasteiger partial charge in [0.1, 0.15) is 5.75 Å². The molecule has 2 rings (SSSR count). The fourth-order valence-electron chi connectivity index (χ4n) is 1.72. The lowest BCUT2D eigenvalue weighted by Crippen LogP contribution is -2.14. The molecule has 0 bridgehead atoms. The third-order valence-corrected chi connectivity index (χ3v) is 4.71. The summed E-state index contributed by atoms with van der Waals surface area (Å²) in [5, 5.41) is 11.1. The van der Waals surface area contributed by atoms with E-state index in [0.717, 1.165) is 16.6 Å². The van der Waals surface area contributed by atoms with E-state index in [9.17, 15) is 18.5 Å². The number of rotatable bonds is 5. The molecule has 1 N–H and O–H groups in total. The first-order chi connectivity index (χ1) is 10.3. The quantitative estimate of drug-likeness (QED) is 0.628. The summed E-state index contributed by atoms with van der Waals surface area (Å²) >= 11 is 3.24. The molecule has 0 unspecified atom stereocenters. The molecule has 0 aliphatic carbocycles. The number of hydrogen-bond acceptors (Lipinski definition) is 5. The van der Waals surface area contributed by atoms with Gasteiger partial charge in [0.05, 0.1) is 18.1 Å². The summed E-state index contributed by atoms with van der Waals surface area (Å²) in [6.45, 7) is 0. The second-order valence-corrected chi connectivity index (χ2v) is 6.77. The van der Waals surface area contributed by atoms with Crippen LogP contribution < -0.4 is 9.46 Å². The number of ether oxygens (including phenoxy) is 1. The Bertz CT molecular complexity index is 806. The van der Waals surface area contributed by atoms with Crippen LogP contribution in [0.3, 0.4) is 0 Å². The normalized spacial score (nSPS) is 11.0. The number of methoxy groups -OCH3 is 1. The van der Waals surface area contributed by atoms with Crippen molar-refractivity contribution in [2.24, 2.45) is 0 Å². The van der Waals surface area contributed by atoms with Crippen LogP contribution >= 0.6 is 15.9 Å². The number of halogens is 1. The van der Waals surface area contributed by atoms with Gasteiger partial charge in [-0.1, -0.05) is 15.9 Å². The van der Waals surface area contributed by atoms with Crippen molar-refractivity contribution in [3.63, 3.8) is 0 Å². The Hall–Kier alpha value is -2.13. The number of nitro groups is 1. The van der Waals surface area contributed by atoms with Gasteiger partial charge in [-0.3, -0.25) is 14.8 Å². The van der Waals surface area contributed by atoms with Gasteiger partial charge in [-0.25, -0.2) is 8.42 Å². The standard InChI is InChI=1S/C13H11BrN2O5S/c1-21-11-6-7-13(12(8-11)16(17)18)22(19,20)15-10-4-2-9(14)3-5-10/h2-8,15H,1H3. The lowest BCUT2D eigenvalue weighted by atomic mass is 10.3. The van der Waals surface area contributed by atoms with Crippen molar-refractivity contribution in [1.29, 1.82) is 0 Å². The van der Waals surface area contributed by atoms with Gasteiger partial charge in [0.15, 0.2) is 4.90 Å². The zero-order valence-corrected chi connectivity index (χ0v) is 13.7. The minimum absolute atomic E-state index is 0.203. The maximum Gasteiger partial charge on any atom is 0.293 e. The third kappa shape index (κ3) is 3.55. The second-order valence-electron chi connectivity index (χ2n) is 4.20. The molecular formula is C13H11BrN2O5S. The highest BCUT2D eigenvalue weighted by atomic mass is 79.9. The minimum atomic E-state index is -4.09. The lowest BCUT2D eigenvalue weighted by Gasteiger charge is -2.09. The Kier molecular flexibility index (Phi) is 4.67. The van der Waals surface area contributed by atoms with E-state index in [1.165, 1.54) is 25.3 Å². The summed E-state index contributed by atoms with van der Waals surface area (Å²) in [5.41, 5.74) is -0.253. The summed E-state index contributed by atoms with van der Waals surface area (Å²) in [6.07, 6.45) is 0. The van der Waals surface area contributed by atoms with E-state index in [1.807, 2.05) is 0 Å². The smallest absolute Gasteiger partial charge is 0.293 e. The molecule has 0 spiro atoms. The first kappa shape index (κ1) is 16.2.